The van der Waals surface area contributed by atoms with Gasteiger partial charge in [0.05, 0.1) is 13.2 Å². The summed E-state index contributed by atoms with van der Waals surface area (Å²) < 4.78 is 4.90. The average molecular weight is 284 g/mol. The van der Waals surface area contributed by atoms with E-state index in [1.807, 2.05) is 12.1 Å². The molecular weight excluding hydrogens is 264 g/mol. The molecular formula is C18H20O3. The molecule has 0 atom stereocenters. The smallest absolute Gasteiger partial charge is 0.123 e. The van der Waals surface area contributed by atoms with E-state index in [1.165, 1.54) is 0 Å². The van der Waals surface area contributed by atoms with Gasteiger partial charge in [0.15, 0.2) is 0 Å². The lowest BCUT2D eigenvalue weighted by Crippen LogP contribution is -1.87. The highest BCUT2D eigenvalue weighted by Crippen LogP contribution is 2.34. The van der Waals surface area contributed by atoms with Crippen LogP contribution in [0.25, 0.3) is 11.1 Å². The average Bonchev–Trinajstić information content (AvgIpc) is 2.50. The Morgan fingerprint density at radius 2 is 1.14 bits per heavy atom. The molecule has 21 heavy (non-hydrogen) atoms. The zero-order valence-corrected chi connectivity index (χ0v) is 11.9. The largest absolute Gasteiger partial charge is 0.507 e. The van der Waals surface area contributed by atoms with Crippen LogP contribution in [0.3, 0.4) is 0 Å². The highest BCUT2D eigenvalue weighted by molar-refractivity contribution is 5.74. The van der Waals surface area contributed by atoms with Crippen molar-refractivity contribution >= 4 is 0 Å². The van der Waals surface area contributed by atoms with E-state index in [1.54, 1.807) is 48.6 Å². The van der Waals surface area contributed by atoms with Crippen LogP contribution in [0, 0.1) is 0 Å². The Balaban J connectivity index is 0.000000270. The third-order valence-corrected chi connectivity index (χ3v) is 2.57. The molecule has 0 aliphatic heterocycles. The molecule has 0 spiro atoms. The van der Waals surface area contributed by atoms with Crippen molar-refractivity contribution in [1.29, 1.82) is 0 Å². The molecule has 0 heterocycles. The quantitative estimate of drug-likeness (QED) is 0.641. The number of aromatic hydroxyl groups is 2. The summed E-state index contributed by atoms with van der Waals surface area (Å²) in [4.78, 5) is 0. The number of ether oxygens (including phenoxy) is 1. The van der Waals surface area contributed by atoms with Crippen molar-refractivity contribution in [2.45, 2.75) is 0 Å². The van der Waals surface area contributed by atoms with Crippen LogP contribution in [-0.4, -0.2) is 23.4 Å². The number of hydrogen-bond donors (Lipinski definition) is 2. The van der Waals surface area contributed by atoms with Gasteiger partial charge in [0.1, 0.15) is 11.5 Å². The molecule has 0 saturated heterocycles. The van der Waals surface area contributed by atoms with Gasteiger partial charge in [-0.3, -0.25) is 0 Å². The predicted octanol–water partition coefficient (Wildman–Crippen LogP) is 4.14. The second kappa shape index (κ2) is 9.39. The monoisotopic (exact) mass is 284 g/mol. The molecule has 3 heteroatoms. The molecule has 3 nitrogen and oxygen atoms in total. The Hall–Kier alpha value is -2.52. The summed E-state index contributed by atoms with van der Waals surface area (Å²) in [7, 11) is 0. The first kappa shape index (κ1) is 16.5. The lowest BCUT2D eigenvalue weighted by Gasteiger charge is -2.05. The lowest BCUT2D eigenvalue weighted by atomic mass is 10.0. The van der Waals surface area contributed by atoms with Crippen LogP contribution >= 0.6 is 0 Å². The Morgan fingerprint density at radius 1 is 0.762 bits per heavy atom. The minimum absolute atomic E-state index is 0.175. The maximum atomic E-state index is 9.58. The third kappa shape index (κ3) is 5.55. The normalized spacial score (nSPS) is 9.33. The molecule has 0 aromatic heterocycles. The molecule has 0 bridgehead atoms. The lowest BCUT2D eigenvalue weighted by molar-refractivity contribution is 0.194. The van der Waals surface area contributed by atoms with Gasteiger partial charge in [-0.1, -0.05) is 48.6 Å². The first-order chi connectivity index (χ1) is 10.2. The fourth-order valence-electron chi connectivity index (χ4n) is 1.64. The Morgan fingerprint density at radius 3 is 1.48 bits per heavy atom. The molecule has 0 fully saturated rings. The van der Waals surface area contributed by atoms with Crippen LogP contribution in [0.15, 0.2) is 73.8 Å². The number of phenols is 2. The minimum atomic E-state index is 0.175. The second-order valence-corrected chi connectivity index (χ2v) is 4.15. The van der Waals surface area contributed by atoms with Crippen LogP contribution in [0.4, 0.5) is 0 Å². The first-order valence-electron chi connectivity index (χ1n) is 6.56. The van der Waals surface area contributed by atoms with Crippen LogP contribution in [-0.2, 0) is 4.74 Å². The van der Waals surface area contributed by atoms with E-state index in [0.717, 1.165) is 0 Å². The summed E-state index contributed by atoms with van der Waals surface area (Å²) in [6, 6.07) is 13.9. The van der Waals surface area contributed by atoms with E-state index in [4.69, 9.17) is 4.74 Å². The van der Waals surface area contributed by atoms with Crippen LogP contribution in [0.1, 0.15) is 0 Å². The first-order valence-corrected chi connectivity index (χ1v) is 6.56. The fourth-order valence-corrected chi connectivity index (χ4v) is 1.64. The molecule has 2 N–H and O–H groups in total. The summed E-state index contributed by atoms with van der Waals surface area (Å²) in [5, 5.41) is 19.2. The molecule has 0 radical (unpaired) electrons. The van der Waals surface area contributed by atoms with Crippen molar-refractivity contribution in [3.05, 3.63) is 73.8 Å². The van der Waals surface area contributed by atoms with Gasteiger partial charge < -0.3 is 14.9 Å². The zero-order chi connectivity index (χ0) is 15.5. The van der Waals surface area contributed by atoms with E-state index in [9.17, 15) is 10.2 Å². The summed E-state index contributed by atoms with van der Waals surface area (Å²) >= 11 is 0. The van der Waals surface area contributed by atoms with Gasteiger partial charge in [-0.2, -0.15) is 0 Å². The van der Waals surface area contributed by atoms with Gasteiger partial charge in [-0.25, -0.2) is 0 Å². The van der Waals surface area contributed by atoms with Crippen molar-refractivity contribution in [1.82, 2.24) is 0 Å². The minimum Gasteiger partial charge on any atom is -0.507 e. The van der Waals surface area contributed by atoms with Crippen molar-refractivity contribution in [3.8, 4) is 22.6 Å². The SMILES string of the molecule is C=CCOCC=C.Oc1ccccc1-c1ccccc1O. The van der Waals surface area contributed by atoms with Crippen LogP contribution in [0.5, 0.6) is 11.5 Å². The number of hydrogen-bond acceptors (Lipinski definition) is 3. The summed E-state index contributed by atoms with van der Waals surface area (Å²) in [5.41, 5.74) is 1.29. The van der Waals surface area contributed by atoms with E-state index < -0.39 is 0 Å². The maximum Gasteiger partial charge on any atom is 0.123 e. The number of phenolic OH excluding ortho intramolecular Hbond substituents is 2. The van der Waals surface area contributed by atoms with Gasteiger partial charge in [-0.15, -0.1) is 13.2 Å². The number of rotatable bonds is 5. The third-order valence-electron chi connectivity index (χ3n) is 2.57. The van der Waals surface area contributed by atoms with Gasteiger partial charge in [0.25, 0.3) is 0 Å². The molecule has 2 aromatic rings. The molecule has 0 aliphatic carbocycles. The zero-order valence-electron chi connectivity index (χ0n) is 11.9. The molecule has 110 valence electrons. The summed E-state index contributed by atoms with van der Waals surface area (Å²) in [5.74, 6) is 0.350. The fraction of sp³-hybridized carbons (Fsp3) is 0.111. The Bertz CT molecular complexity index is 525. The highest BCUT2D eigenvalue weighted by atomic mass is 16.5. The molecule has 0 saturated carbocycles. The van der Waals surface area contributed by atoms with Crippen LogP contribution in [0.2, 0.25) is 0 Å². The maximum absolute atomic E-state index is 9.58. The highest BCUT2D eigenvalue weighted by Gasteiger charge is 2.06. The predicted molar refractivity (Wildman–Crippen MR) is 86.4 cm³/mol. The topological polar surface area (TPSA) is 49.7 Å². The summed E-state index contributed by atoms with van der Waals surface area (Å²) in [6.07, 6.45) is 3.42. The van der Waals surface area contributed by atoms with Gasteiger partial charge in [0, 0.05) is 11.1 Å². The molecule has 2 rings (SSSR count). The number of benzene rings is 2. The van der Waals surface area contributed by atoms with Crippen molar-refractivity contribution in [2.75, 3.05) is 13.2 Å². The van der Waals surface area contributed by atoms with E-state index >= 15 is 0 Å². The second-order valence-electron chi connectivity index (χ2n) is 4.15. The van der Waals surface area contributed by atoms with Crippen molar-refractivity contribution < 1.29 is 14.9 Å². The summed E-state index contributed by atoms with van der Waals surface area (Å²) in [6.45, 7) is 8.18. The van der Waals surface area contributed by atoms with Gasteiger partial charge in [-0.05, 0) is 12.1 Å². The van der Waals surface area contributed by atoms with Crippen molar-refractivity contribution in [2.24, 2.45) is 0 Å². The van der Waals surface area contributed by atoms with E-state index in [0.29, 0.717) is 24.3 Å². The number of para-hydroxylation sites is 2. The van der Waals surface area contributed by atoms with E-state index in [2.05, 4.69) is 13.2 Å². The Labute approximate surface area is 125 Å². The molecule has 0 amide bonds. The van der Waals surface area contributed by atoms with Gasteiger partial charge >= 0.3 is 0 Å². The standard InChI is InChI=1S/C12H10O2.C6H10O/c13-11-7-3-1-5-9(11)10-6-2-4-8-12(10)14;1-3-5-7-6-4-2/h1-8,13-14H;3-4H,1-2,5-6H2. The van der Waals surface area contributed by atoms with Crippen molar-refractivity contribution in [3.63, 3.8) is 0 Å². The van der Waals surface area contributed by atoms with Crippen LogP contribution < -0.4 is 0 Å². The molecule has 0 aliphatic rings. The Kier molecular flexibility index (Phi) is 7.40. The molecule has 2 aromatic carbocycles. The molecule has 0 unspecified atom stereocenters. The van der Waals surface area contributed by atoms with E-state index in [-0.39, 0.29) is 11.5 Å². The van der Waals surface area contributed by atoms with Gasteiger partial charge in [0.2, 0.25) is 0 Å².